The van der Waals surface area contributed by atoms with E-state index in [2.05, 4.69) is 12.2 Å². The molecule has 1 aromatic heterocycles. The van der Waals surface area contributed by atoms with E-state index in [1.165, 1.54) is 30.6 Å². The van der Waals surface area contributed by atoms with Crippen LogP contribution in [0.25, 0.3) is 10.1 Å². The molecule has 1 fully saturated rings. The van der Waals surface area contributed by atoms with Gasteiger partial charge in [0.05, 0.1) is 5.02 Å². The lowest BCUT2D eigenvalue weighted by Gasteiger charge is -2.29. The van der Waals surface area contributed by atoms with Crippen LogP contribution >= 0.6 is 34.5 Å². The average molecular weight is 342 g/mol. The molecule has 0 aliphatic heterocycles. The van der Waals surface area contributed by atoms with E-state index >= 15 is 0 Å². The van der Waals surface area contributed by atoms with Crippen molar-refractivity contribution < 1.29 is 4.79 Å². The van der Waals surface area contributed by atoms with Gasteiger partial charge in [-0.3, -0.25) is 4.79 Å². The molecule has 1 amide bonds. The van der Waals surface area contributed by atoms with Gasteiger partial charge in [-0.2, -0.15) is 0 Å². The fourth-order valence-corrected chi connectivity index (χ4v) is 4.65. The van der Waals surface area contributed by atoms with Crippen LogP contribution in [0.4, 0.5) is 0 Å². The maximum Gasteiger partial charge on any atom is 0.263 e. The van der Waals surface area contributed by atoms with Crippen LogP contribution in [0, 0.1) is 5.92 Å². The number of carbonyl (C=O) groups is 1. The molecular weight excluding hydrogens is 325 g/mol. The summed E-state index contributed by atoms with van der Waals surface area (Å²) in [6.07, 6.45) is 4.68. The number of thiophene rings is 1. The summed E-state index contributed by atoms with van der Waals surface area (Å²) in [5.41, 5.74) is 0. The third-order valence-corrected chi connectivity index (χ3v) is 6.12. The van der Waals surface area contributed by atoms with Gasteiger partial charge < -0.3 is 5.32 Å². The van der Waals surface area contributed by atoms with Gasteiger partial charge in [0.15, 0.2) is 0 Å². The molecule has 1 aliphatic rings. The van der Waals surface area contributed by atoms with E-state index in [9.17, 15) is 4.79 Å². The second-order valence-electron chi connectivity index (χ2n) is 5.73. The number of carbonyl (C=O) groups excluding carboxylic acids is 1. The molecule has 1 N–H and O–H groups in total. The zero-order valence-electron chi connectivity index (χ0n) is 11.8. The highest BCUT2D eigenvalue weighted by atomic mass is 35.5. The summed E-state index contributed by atoms with van der Waals surface area (Å²) >= 11 is 13.8. The van der Waals surface area contributed by atoms with Gasteiger partial charge in [0.1, 0.15) is 4.88 Å². The van der Waals surface area contributed by atoms with E-state index in [-0.39, 0.29) is 11.9 Å². The van der Waals surface area contributed by atoms with E-state index in [1.807, 2.05) is 12.1 Å². The monoisotopic (exact) mass is 341 g/mol. The second kappa shape index (κ2) is 6.15. The summed E-state index contributed by atoms with van der Waals surface area (Å²) in [7, 11) is 0. The maximum absolute atomic E-state index is 12.5. The molecule has 0 radical (unpaired) electrons. The van der Waals surface area contributed by atoms with Crippen molar-refractivity contribution in [1.29, 1.82) is 0 Å². The van der Waals surface area contributed by atoms with Crippen LogP contribution in [0.2, 0.25) is 10.0 Å². The van der Waals surface area contributed by atoms with Crippen LogP contribution in [-0.2, 0) is 0 Å². The number of hydrogen-bond acceptors (Lipinski definition) is 2. The minimum absolute atomic E-state index is 0.0592. The standard InChI is InChI=1S/C16H17Cl2NOS/c1-9-4-2-3-5-12(9)19-16(20)15-14(18)11-7-6-10(17)8-13(11)21-15/h6-9,12H,2-5H2,1H3,(H,19,20)/t9-,12+/m0/s1. The first-order valence-electron chi connectivity index (χ1n) is 7.24. The second-order valence-corrected chi connectivity index (χ2v) is 7.59. The Bertz CT molecular complexity index is 682. The molecule has 2 aromatic rings. The quantitative estimate of drug-likeness (QED) is 0.765. The van der Waals surface area contributed by atoms with Crippen LogP contribution in [0.5, 0.6) is 0 Å². The highest BCUT2D eigenvalue weighted by molar-refractivity contribution is 7.21. The molecule has 112 valence electrons. The van der Waals surface area contributed by atoms with Crippen molar-refractivity contribution in [1.82, 2.24) is 5.32 Å². The summed E-state index contributed by atoms with van der Waals surface area (Å²) in [6.45, 7) is 2.20. The van der Waals surface area contributed by atoms with E-state index in [4.69, 9.17) is 23.2 Å². The van der Waals surface area contributed by atoms with Gasteiger partial charge in [-0.05, 0) is 30.9 Å². The number of hydrogen-bond donors (Lipinski definition) is 1. The SMILES string of the molecule is C[C@H]1CCCC[C@H]1NC(=O)c1sc2cc(Cl)ccc2c1Cl. The van der Waals surface area contributed by atoms with Gasteiger partial charge in [0.2, 0.25) is 0 Å². The molecular formula is C16H17Cl2NOS. The molecule has 0 spiro atoms. The fraction of sp³-hybridized carbons (Fsp3) is 0.438. The summed E-state index contributed by atoms with van der Waals surface area (Å²) in [4.78, 5) is 13.1. The summed E-state index contributed by atoms with van der Waals surface area (Å²) in [6, 6.07) is 5.79. The number of amides is 1. The molecule has 2 atom stereocenters. The Kier molecular flexibility index (Phi) is 4.43. The average Bonchev–Trinajstić information content (AvgIpc) is 2.78. The molecule has 1 saturated carbocycles. The summed E-state index contributed by atoms with van der Waals surface area (Å²) in [5, 5.41) is 5.25. The zero-order chi connectivity index (χ0) is 15.0. The van der Waals surface area contributed by atoms with Crippen LogP contribution < -0.4 is 5.32 Å². The first kappa shape index (κ1) is 15.1. The molecule has 21 heavy (non-hydrogen) atoms. The Hall–Kier alpha value is -0.770. The largest absolute Gasteiger partial charge is 0.348 e. The van der Waals surface area contributed by atoms with Crippen molar-refractivity contribution in [2.75, 3.05) is 0 Å². The highest BCUT2D eigenvalue weighted by Gasteiger charge is 2.25. The fourth-order valence-electron chi connectivity index (χ4n) is 2.95. The van der Waals surface area contributed by atoms with E-state index < -0.39 is 0 Å². The lowest BCUT2D eigenvalue weighted by molar-refractivity contribution is 0.0914. The van der Waals surface area contributed by atoms with E-state index in [1.54, 1.807) is 6.07 Å². The molecule has 1 aliphatic carbocycles. The summed E-state index contributed by atoms with van der Waals surface area (Å²) < 4.78 is 0.953. The van der Waals surface area contributed by atoms with Crippen molar-refractivity contribution in [3.05, 3.63) is 33.1 Å². The van der Waals surface area contributed by atoms with Crippen molar-refractivity contribution in [2.24, 2.45) is 5.92 Å². The van der Waals surface area contributed by atoms with Gasteiger partial charge in [-0.1, -0.05) is 49.0 Å². The van der Waals surface area contributed by atoms with Crippen molar-refractivity contribution in [2.45, 2.75) is 38.6 Å². The maximum atomic E-state index is 12.5. The molecule has 5 heteroatoms. The molecule has 0 bridgehead atoms. The van der Waals surface area contributed by atoms with Crippen molar-refractivity contribution in [3.8, 4) is 0 Å². The predicted molar refractivity (Wildman–Crippen MR) is 90.7 cm³/mol. The topological polar surface area (TPSA) is 29.1 Å². The Labute approximate surface area is 138 Å². The van der Waals surface area contributed by atoms with Gasteiger partial charge in [-0.15, -0.1) is 11.3 Å². The van der Waals surface area contributed by atoms with Crippen LogP contribution in [0.1, 0.15) is 42.3 Å². The van der Waals surface area contributed by atoms with Crippen LogP contribution in [0.3, 0.4) is 0 Å². The van der Waals surface area contributed by atoms with Gasteiger partial charge in [-0.25, -0.2) is 0 Å². The first-order chi connectivity index (χ1) is 10.1. The van der Waals surface area contributed by atoms with E-state index in [0.717, 1.165) is 16.5 Å². The molecule has 0 saturated heterocycles. The van der Waals surface area contributed by atoms with Gasteiger partial charge >= 0.3 is 0 Å². The van der Waals surface area contributed by atoms with E-state index in [0.29, 0.717) is 20.8 Å². The predicted octanol–water partition coefficient (Wildman–Crippen LogP) is 5.52. The number of fused-ring (bicyclic) bond motifs is 1. The molecule has 1 aromatic carbocycles. The molecule has 0 unspecified atom stereocenters. The van der Waals surface area contributed by atoms with Crippen molar-refractivity contribution >= 4 is 50.5 Å². The highest BCUT2D eigenvalue weighted by Crippen LogP contribution is 2.37. The number of nitrogens with one attached hydrogen (secondary N) is 1. The molecule has 1 heterocycles. The lowest BCUT2D eigenvalue weighted by Crippen LogP contribution is -2.40. The van der Waals surface area contributed by atoms with Crippen LogP contribution in [0.15, 0.2) is 18.2 Å². The zero-order valence-corrected chi connectivity index (χ0v) is 14.1. The van der Waals surface area contributed by atoms with Crippen LogP contribution in [-0.4, -0.2) is 11.9 Å². The summed E-state index contributed by atoms with van der Waals surface area (Å²) in [5.74, 6) is 0.473. The molecule has 3 rings (SSSR count). The smallest absolute Gasteiger partial charge is 0.263 e. The lowest BCUT2D eigenvalue weighted by atomic mass is 9.86. The van der Waals surface area contributed by atoms with Crippen molar-refractivity contribution in [3.63, 3.8) is 0 Å². The Morgan fingerprint density at radius 1 is 1.29 bits per heavy atom. The van der Waals surface area contributed by atoms with Gasteiger partial charge in [0.25, 0.3) is 5.91 Å². The Morgan fingerprint density at radius 2 is 2.05 bits per heavy atom. The normalized spacial score (nSPS) is 22.4. The first-order valence-corrected chi connectivity index (χ1v) is 8.82. The Balaban J connectivity index is 1.85. The minimum atomic E-state index is -0.0592. The number of halogens is 2. The van der Waals surface area contributed by atoms with Gasteiger partial charge in [0, 0.05) is 21.2 Å². The molecule has 2 nitrogen and oxygen atoms in total. The minimum Gasteiger partial charge on any atom is -0.348 e. The third kappa shape index (κ3) is 3.05. The third-order valence-electron chi connectivity index (χ3n) is 4.23. The number of rotatable bonds is 2. The number of benzene rings is 1. The Morgan fingerprint density at radius 3 is 2.81 bits per heavy atom.